The lowest BCUT2D eigenvalue weighted by Crippen LogP contribution is -2.59. The number of pyridine rings is 4. The molecule has 0 spiro atoms. The molecule has 32 heteroatoms. The fraction of sp³-hybridized carbons (Fsp3) is 0.517. The zero-order valence-corrected chi connectivity index (χ0v) is 76.4. The maximum atomic E-state index is 12.5. The third kappa shape index (κ3) is 25.7. The Morgan fingerprint density at radius 1 is 0.403 bits per heavy atom. The van der Waals surface area contributed by atoms with Crippen LogP contribution in [0, 0.1) is 90.1 Å². The second-order valence-corrected chi connectivity index (χ2v) is 37.8. The molecule has 28 nitrogen and oxygen atoms in total. The number of hydrogen-bond donors (Lipinski definition) is 16. The average molecular weight is 1890 g/mol. The van der Waals surface area contributed by atoms with Gasteiger partial charge in [0.1, 0.15) is 17.9 Å². The van der Waals surface area contributed by atoms with E-state index in [1.807, 2.05) is 48.5 Å². The van der Waals surface area contributed by atoms with Crippen molar-refractivity contribution in [3.05, 3.63) is 173 Å². The van der Waals surface area contributed by atoms with Crippen LogP contribution in [0.1, 0.15) is 163 Å². The molecule has 0 radical (unpaired) electrons. The monoisotopic (exact) mass is 1890 g/mol. The molecule has 642 valence electrons. The van der Waals surface area contributed by atoms with Crippen molar-refractivity contribution in [3.63, 3.8) is 0 Å². The Morgan fingerprint density at radius 3 is 0.975 bits per heavy atom. The molecule has 119 heavy (non-hydrogen) atoms. The molecule has 4 heterocycles. The summed E-state index contributed by atoms with van der Waals surface area (Å²) in [5.74, 6) is 1.42. The summed E-state index contributed by atoms with van der Waals surface area (Å²) in [7, 11) is 0. The quantitative estimate of drug-likeness (QED) is 0.0123. The van der Waals surface area contributed by atoms with Gasteiger partial charge in [-0.2, -0.15) is 0 Å². The number of rotatable bonds is 32. The van der Waals surface area contributed by atoms with Gasteiger partial charge >= 0.3 is 0 Å². The van der Waals surface area contributed by atoms with Crippen LogP contribution < -0.4 is 63.8 Å². The minimum atomic E-state index is -0.452. The van der Waals surface area contributed by atoms with Crippen LogP contribution >= 0.6 is 63.7 Å². The molecule has 6 bridgehead atoms. The van der Waals surface area contributed by atoms with Crippen LogP contribution in [0.5, 0.6) is 0 Å². The van der Waals surface area contributed by atoms with E-state index in [4.69, 9.17) is 21.6 Å². The highest BCUT2D eigenvalue weighted by Crippen LogP contribution is 2.64. The van der Waals surface area contributed by atoms with Gasteiger partial charge in [-0.3, -0.25) is 58.3 Å². The lowest BCUT2D eigenvalue weighted by molar-refractivity contribution is -0.124. The van der Waals surface area contributed by atoms with Crippen molar-refractivity contribution in [3.8, 4) is 0 Å². The molecule has 12 atom stereocenters. The van der Waals surface area contributed by atoms with Crippen molar-refractivity contribution in [1.29, 1.82) is 21.6 Å². The number of hydrogen-bond acceptors (Lipinski definition) is 20. The van der Waals surface area contributed by atoms with Crippen LogP contribution in [0.25, 0.3) is 0 Å². The largest absolute Gasteiger partial charge is 0.380 e. The van der Waals surface area contributed by atoms with Gasteiger partial charge in [0.25, 0.3) is 23.6 Å². The predicted molar refractivity (Wildman–Crippen MR) is 477 cm³/mol. The number of amides is 8. The summed E-state index contributed by atoms with van der Waals surface area (Å²) in [5.41, 5.74) is 7.92. The first-order valence-electron chi connectivity index (χ1n) is 40.5. The lowest BCUT2D eigenvalue weighted by atomic mass is 9.45. The van der Waals surface area contributed by atoms with Crippen molar-refractivity contribution < 1.29 is 38.4 Å². The third-order valence-corrected chi connectivity index (χ3v) is 29.0. The number of aromatic nitrogens is 4. The summed E-state index contributed by atoms with van der Waals surface area (Å²) in [6.45, 7) is 28.2. The maximum absolute atomic E-state index is 12.5. The maximum Gasteiger partial charge on any atom is 0.260 e. The van der Waals surface area contributed by atoms with Crippen molar-refractivity contribution >= 4 is 136 Å². The Balaban J connectivity index is 0.000000198. The number of carbonyl (C=O) groups is 8. The van der Waals surface area contributed by atoms with Gasteiger partial charge < -0.3 is 85.4 Å². The van der Waals surface area contributed by atoms with Gasteiger partial charge in [-0.1, -0.05) is 87.8 Å². The topological polar surface area (TPSA) is 428 Å². The predicted octanol–water partition coefficient (Wildman–Crippen LogP) is 11.1. The summed E-state index contributed by atoms with van der Waals surface area (Å²) >= 11 is 13.2. The molecule has 1 unspecified atom stereocenters. The van der Waals surface area contributed by atoms with Gasteiger partial charge in [-0.05, 0) is 268 Å². The van der Waals surface area contributed by atoms with E-state index in [9.17, 15) is 38.4 Å². The van der Waals surface area contributed by atoms with E-state index in [1.165, 1.54) is 37.5 Å². The molecule has 0 saturated heterocycles. The summed E-state index contributed by atoms with van der Waals surface area (Å²) in [6.07, 6.45) is 30.2. The van der Waals surface area contributed by atoms with Gasteiger partial charge in [0, 0.05) is 125 Å². The van der Waals surface area contributed by atoms with Gasteiger partial charge in [-0.15, -0.1) is 0 Å². The first kappa shape index (κ1) is 95.3. The van der Waals surface area contributed by atoms with Crippen LogP contribution in [0.15, 0.2) is 150 Å². The van der Waals surface area contributed by atoms with E-state index in [-0.39, 0.29) is 108 Å². The van der Waals surface area contributed by atoms with Crippen LogP contribution in [0.2, 0.25) is 0 Å². The van der Waals surface area contributed by atoms with Gasteiger partial charge in [0.15, 0.2) is 0 Å². The minimum Gasteiger partial charge on any atom is -0.380 e. The van der Waals surface area contributed by atoms with Gasteiger partial charge in [0.05, 0.1) is 49.0 Å². The van der Waals surface area contributed by atoms with E-state index in [1.54, 1.807) is 49.6 Å². The average Bonchev–Trinajstić information content (AvgIpc) is 1.19. The van der Waals surface area contributed by atoms with Crippen LogP contribution in [0.4, 0.5) is 0 Å². The molecule has 0 aromatic carbocycles. The SMILES string of the molecule is CC1(C)[C@H]2CC[C@@](C)(C2)[C@H]1N/C(C=N)=C(\Br)C(=O)NCC(=O)NCc1ccncc1.CC1=CC(N/C(C=N)=C(\Br)C(=O)NCC(=O)NCc2ccncc2)CCC1(C)C.C[C@@H]1[C@H](N/C(C=N)=C(\Br)C(=O)NCC(=O)NCc2ccncc2)C[C@H]2C[C@@H]1C2(C)C.C[C@H]1[C@@H](N/C(C=N)=C(\Br)C(=O)NCC(=O)NCc2ccncc2)C[C@@H]2C[C@H]1C2(C)C. The fourth-order valence-corrected chi connectivity index (χ4v) is 19.2. The first-order valence-corrected chi connectivity index (χ1v) is 43.7. The second-order valence-electron chi connectivity index (χ2n) is 34.7. The minimum absolute atomic E-state index is 0.0589. The fourth-order valence-electron chi connectivity index (χ4n) is 17.7. The Morgan fingerprint density at radius 2 is 0.706 bits per heavy atom. The number of nitrogens with zero attached hydrogens (tertiary/aromatic N) is 4. The lowest BCUT2D eigenvalue weighted by Gasteiger charge is -2.62. The van der Waals surface area contributed by atoms with E-state index < -0.39 is 23.6 Å². The van der Waals surface area contributed by atoms with E-state index in [0.717, 1.165) is 73.0 Å². The summed E-state index contributed by atoms with van der Waals surface area (Å²) < 4.78 is 0.919. The Kier molecular flexibility index (Phi) is 34.8. The number of nitrogens with one attached hydrogen (secondary N) is 16. The number of halogens is 4. The normalized spacial score (nSPS) is 25.1. The zero-order chi connectivity index (χ0) is 87.2. The standard InChI is InChI=1S/3C22H30BrN5O2.C21H28BrN5O2/c1-21(2)15-4-7-22(3,10-15)20(21)28-16(11-24)18(23)19(30)27-13-17(29)26-12-14-5-8-25-9-6-14;2*1-13-16-8-15(22(16,2)3)9-17(13)28-18(10-24)20(23)21(30)27-12-19(29)26-11-14-4-6-25-7-5-14;1-14-10-16(4-7-21(14,2)3)27-17(11-23)19(22)20(29)26-13-18(28)25-12-15-5-8-24-9-6-15/h5-6,8-9,11,15,20,24,28H,4,7,10,12-13H2,1-3H3,(H,26,29)(H,27,30);2*4-7,10,13,15-17,24,28H,8-9,11-12H2,1-3H3,(H,26,29)(H,27,30);5-6,8-11,16,23,27H,4,7,12-13H2,1-3H3,(H,25,28)(H,26,29)/b18-16-,24-11?;2*20-18-,24-10?;19-17-,23-11?/t15-,20-,22-;2*13-,15+,16-,17+;/m010./s1. The Hall–Kier alpha value is -9.14. The molecular weight excluding hydrogens is 1770 g/mol. The van der Waals surface area contributed by atoms with Crippen molar-refractivity contribution in [2.75, 3.05) is 26.2 Å². The molecule has 16 N–H and O–H groups in total. The molecule has 8 saturated carbocycles. The third-order valence-electron chi connectivity index (χ3n) is 25.8. The molecular formula is C87H118Br4N20O8. The highest BCUT2D eigenvalue weighted by molar-refractivity contribution is 9.12. The van der Waals surface area contributed by atoms with Gasteiger partial charge in [0.2, 0.25) is 23.6 Å². The van der Waals surface area contributed by atoms with Crippen LogP contribution in [-0.2, 0) is 64.5 Å². The first-order chi connectivity index (χ1) is 56.4. The highest BCUT2D eigenvalue weighted by atomic mass is 79.9. The summed E-state index contributed by atoms with van der Waals surface area (Å²) in [4.78, 5) is 114. The molecule has 8 fully saturated rings. The molecule has 13 rings (SSSR count). The van der Waals surface area contributed by atoms with Crippen molar-refractivity contribution in [1.82, 2.24) is 83.7 Å². The Bertz CT molecular complexity index is 4320. The zero-order valence-electron chi connectivity index (χ0n) is 70.1. The Labute approximate surface area is 733 Å². The molecule has 9 aliphatic rings. The van der Waals surface area contributed by atoms with E-state index >= 15 is 0 Å². The van der Waals surface area contributed by atoms with Crippen LogP contribution in [-0.4, -0.2) is 142 Å². The second kappa shape index (κ2) is 43.4. The summed E-state index contributed by atoms with van der Waals surface area (Å²) in [6, 6.07) is 15.2. The number of allylic oxidation sites excluding steroid dienone is 5. The van der Waals surface area contributed by atoms with E-state index in [0.29, 0.717) is 101 Å². The highest BCUT2D eigenvalue weighted by Gasteiger charge is 2.60. The van der Waals surface area contributed by atoms with Crippen LogP contribution in [0.3, 0.4) is 0 Å². The van der Waals surface area contributed by atoms with Crippen molar-refractivity contribution in [2.24, 2.45) is 68.5 Å². The molecule has 8 amide bonds. The van der Waals surface area contributed by atoms with Gasteiger partial charge in [-0.25, -0.2) is 0 Å². The van der Waals surface area contributed by atoms with Crippen molar-refractivity contribution in [2.45, 2.75) is 191 Å². The smallest absolute Gasteiger partial charge is 0.260 e. The molecule has 9 aliphatic carbocycles. The number of carbonyl (C=O) groups excluding carboxylic acids is 8. The van der Waals surface area contributed by atoms with E-state index in [2.05, 4.69) is 237 Å². The molecule has 4 aromatic rings. The number of fused-ring (bicyclic) bond motifs is 6. The molecule has 4 aromatic heterocycles. The molecule has 0 aliphatic heterocycles. The summed E-state index contributed by atoms with van der Waals surface area (Å²) in [5, 5.41) is 65.8.